The maximum atomic E-state index is 5.60. The first kappa shape index (κ1) is 12.2. The molecule has 0 radical (unpaired) electrons. The van der Waals surface area contributed by atoms with Crippen LogP contribution in [0.15, 0.2) is 21.1 Å². The zero-order chi connectivity index (χ0) is 13.2. The average molecular weight is 263 g/mol. The predicted molar refractivity (Wildman–Crippen MR) is 68.0 cm³/mol. The van der Waals surface area contributed by atoms with Gasteiger partial charge in [0.25, 0.3) is 0 Å². The van der Waals surface area contributed by atoms with Gasteiger partial charge in [-0.15, -0.1) is 0 Å². The molecule has 2 heterocycles. The third-order valence-electron chi connectivity index (χ3n) is 3.12. The van der Waals surface area contributed by atoms with Gasteiger partial charge in [-0.1, -0.05) is 5.16 Å². The van der Waals surface area contributed by atoms with Gasteiger partial charge < -0.3 is 19.0 Å². The molecule has 0 aliphatic heterocycles. The number of hydrogen-bond acceptors (Lipinski definition) is 6. The van der Waals surface area contributed by atoms with Gasteiger partial charge in [-0.3, -0.25) is 0 Å². The van der Waals surface area contributed by atoms with Crippen LogP contribution >= 0.6 is 0 Å². The molecule has 0 aromatic carbocycles. The molecule has 0 bridgehead atoms. The van der Waals surface area contributed by atoms with Gasteiger partial charge in [0.1, 0.15) is 17.6 Å². The molecule has 102 valence electrons. The monoisotopic (exact) mass is 263 g/mol. The van der Waals surface area contributed by atoms with Crippen molar-refractivity contribution >= 4 is 6.01 Å². The van der Waals surface area contributed by atoms with Crippen molar-refractivity contribution in [3.63, 3.8) is 0 Å². The van der Waals surface area contributed by atoms with E-state index < -0.39 is 0 Å². The molecule has 1 aliphatic rings. The van der Waals surface area contributed by atoms with Gasteiger partial charge in [-0.05, 0) is 31.9 Å². The molecular formula is C13H17N3O3. The Kier molecular flexibility index (Phi) is 3.25. The van der Waals surface area contributed by atoms with Crippen molar-refractivity contribution in [2.24, 2.45) is 0 Å². The molecule has 2 aromatic heterocycles. The summed E-state index contributed by atoms with van der Waals surface area (Å²) in [4.78, 5) is 4.34. The van der Waals surface area contributed by atoms with E-state index in [1.165, 1.54) is 0 Å². The molecule has 3 rings (SSSR count). The van der Waals surface area contributed by atoms with Gasteiger partial charge in [0.05, 0.1) is 6.61 Å². The summed E-state index contributed by atoms with van der Waals surface area (Å²) in [6.45, 7) is 2.37. The van der Waals surface area contributed by atoms with Gasteiger partial charge in [0, 0.05) is 13.0 Å². The van der Waals surface area contributed by atoms with Crippen molar-refractivity contribution in [1.82, 2.24) is 10.1 Å². The number of nitrogens with one attached hydrogen (secondary N) is 1. The second-order valence-electron chi connectivity index (χ2n) is 4.83. The molecule has 6 heteroatoms. The van der Waals surface area contributed by atoms with Gasteiger partial charge >= 0.3 is 6.01 Å². The molecule has 19 heavy (non-hydrogen) atoms. The largest absolute Gasteiger partial charge is 0.464 e. The van der Waals surface area contributed by atoms with E-state index >= 15 is 0 Å². The highest BCUT2D eigenvalue weighted by Crippen LogP contribution is 2.38. The molecule has 0 amide bonds. The van der Waals surface area contributed by atoms with Crippen molar-refractivity contribution in [2.45, 2.75) is 31.7 Å². The van der Waals surface area contributed by atoms with E-state index in [1.807, 2.05) is 19.1 Å². The summed E-state index contributed by atoms with van der Waals surface area (Å²) in [5.41, 5.74) is 0. The Morgan fingerprint density at radius 1 is 1.47 bits per heavy atom. The van der Waals surface area contributed by atoms with Crippen molar-refractivity contribution in [2.75, 3.05) is 19.0 Å². The van der Waals surface area contributed by atoms with Gasteiger partial charge in [0.2, 0.25) is 0 Å². The van der Waals surface area contributed by atoms with Crippen LogP contribution in [0.1, 0.15) is 42.1 Å². The van der Waals surface area contributed by atoms with Crippen LogP contribution in [0.2, 0.25) is 0 Å². The molecule has 0 spiro atoms. The number of ether oxygens (including phenoxy) is 1. The summed E-state index contributed by atoms with van der Waals surface area (Å²) in [5.74, 6) is 2.92. The fourth-order valence-electron chi connectivity index (χ4n) is 1.95. The lowest BCUT2D eigenvalue weighted by Crippen LogP contribution is -2.15. The van der Waals surface area contributed by atoms with Crippen molar-refractivity contribution in [1.29, 1.82) is 0 Å². The second-order valence-corrected chi connectivity index (χ2v) is 4.83. The van der Waals surface area contributed by atoms with E-state index in [0.29, 0.717) is 18.5 Å². The van der Waals surface area contributed by atoms with E-state index in [4.69, 9.17) is 13.7 Å². The normalized spacial score (nSPS) is 16.5. The Hall–Kier alpha value is -1.82. The second kappa shape index (κ2) is 5.05. The highest BCUT2D eigenvalue weighted by molar-refractivity contribution is 5.26. The summed E-state index contributed by atoms with van der Waals surface area (Å²) < 4.78 is 16.0. The SMILES string of the molecule is COCC(Nc1nc(C2CC2)no1)c1ccc(C)o1. The number of anilines is 1. The third kappa shape index (κ3) is 2.78. The Morgan fingerprint density at radius 3 is 2.95 bits per heavy atom. The third-order valence-corrected chi connectivity index (χ3v) is 3.12. The maximum absolute atomic E-state index is 5.60. The Balaban J connectivity index is 1.72. The minimum Gasteiger partial charge on any atom is -0.464 e. The number of rotatable bonds is 6. The summed E-state index contributed by atoms with van der Waals surface area (Å²) in [7, 11) is 1.65. The van der Waals surface area contributed by atoms with Crippen LogP contribution in [0, 0.1) is 6.92 Å². The van der Waals surface area contributed by atoms with Crippen molar-refractivity contribution in [3.05, 3.63) is 29.5 Å². The fourth-order valence-corrected chi connectivity index (χ4v) is 1.95. The first-order valence-electron chi connectivity index (χ1n) is 6.41. The van der Waals surface area contributed by atoms with Crippen LogP contribution in [-0.2, 0) is 4.74 Å². The number of aromatic nitrogens is 2. The van der Waals surface area contributed by atoms with E-state index in [1.54, 1.807) is 7.11 Å². The smallest absolute Gasteiger partial charge is 0.322 e. The molecule has 6 nitrogen and oxygen atoms in total. The Morgan fingerprint density at radius 2 is 2.32 bits per heavy atom. The number of furan rings is 1. The first-order chi connectivity index (χ1) is 9.26. The van der Waals surface area contributed by atoms with Crippen molar-refractivity contribution < 1.29 is 13.7 Å². The summed E-state index contributed by atoms with van der Waals surface area (Å²) >= 11 is 0. The minimum absolute atomic E-state index is 0.133. The summed E-state index contributed by atoms with van der Waals surface area (Å²) in [6.07, 6.45) is 2.30. The Labute approximate surface area is 111 Å². The lowest BCUT2D eigenvalue weighted by atomic mass is 10.2. The van der Waals surface area contributed by atoms with Crippen LogP contribution < -0.4 is 5.32 Å². The molecule has 0 saturated heterocycles. The quantitative estimate of drug-likeness (QED) is 0.863. The topological polar surface area (TPSA) is 73.3 Å². The minimum atomic E-state index is -0.133. The van der Waals surface area contributed by atoms with E-state index in [9.17, 15) is 0 Å². The average Bonchev–Trinajstić information content (AvgIpc) is 2.99. The molecule has 1 fully saturated rings. The molecular weight excluding hydrogens is 246 g/mol. The van der Waals surface area contributed by atoms with E-state index in [2.05, 4.69) is 15.5 Å². The van der Waals surface area contributed by atoms with Crippen LogP contribution in [0.3, 0.4) is 0 Å². The highest BCUT2D eigenvalue weighted by atomic mass is 16.5. The van der Waals surface area contributed by atoms with Gasteiger partial charge in [0.15, 0.2) is 5.82 Å². The molecule has 2 aromatic rings. The standard InChI is InChI=1S/C13H17N3O3/c1-8-3-6-11(18-8)10(7-17-2)14-13-15-12(16-19-13)9-4-5-9/h3,6,9-10H,4-5,7H2,1-2H3,(H,14,15,16). The number of hydrogen-bond donors (Lipinski definition) is 1. The maximum Gasteiger partial charge on any atom is 0.322 e. The van der Waals surface area contributed by atoms with Gasteiger partial charge in [-0.25, -0.2) is 0 Å². The van der Waals surface area contributed by atoms with E-state index in [-0.39, 0.29) is 6.04 Å². The van der Waals surface area contributed by atoms with Crippen LogP contribution in [-0.4, -0.2) is 23.9 Å². The first-order valence-corrected chi connectivity index (χ1v) is 6.41. The van der Waals surface area contributed by atoms with Crippen LogP contribution in [0.4, 0.5) is 6.01 Å². The number of methoxy groups -OCH3 is 1. The molecule has 1 aliphatic carbocycles. The van der Waals surface area contributed by atoms with Crippen LogP contribution in [0.5, 0.6) is 0 Å². The van der Waals surface area contributed by atoms with Crippen LogP contribution in [0.25, 0.3) is 0 Å². The summed E-state index contributed by atoms with van der Waals surface area (Å²) in [5, 5.41) is 7.12. The number of aryl methyl sites for hydroxylation is 1. The van der Waals surface area contributed by atoms with Gasteiger partial charge in [-0.2, -0.15) is 4.98 Å². The zero-order valence-corrected chi connectivity index (χ0v) is 11.0. The number of nitrogens with zero attached hydrogens (tertiary/aromatic N) is 2. The molecule has 1 saturated carbocycles. The summed E-state index contributed by atoms with van der Waals surface area (Å²) in [6, 6.07) is 4.12. The molecule has 1 atom stereocenters. The lowest BCUT2D eigenvalue weighted by Gasteiger charge is -2.13. The lowest BCUT2D eigenvalue weighted by molar-refractivity contribution is 0.177. The Bertz CT molecular complexity index is 545. The van der Waals surface area contributed by atoms with E-state index in [0.717, 1.165) is 30.2 Å². The highest BCUT2D eigenvalue weighted by Gasteiger charge is 2.29. The predicted octanol–water partition coefficient (Wildman–Crippen LogP) is 2.65. The van der Waals surface area contributed by atoms with Crippen molar-refractivity contribution in [3.8, 4) is 0 Å². The fraction of sp³-hybridized carbons (Fsp3) is 0.538. The molecule has 1 N–H and O–H groups in total. The zero-order valence-electron chi connectivity index (χ0n) is 11.0. The molecule has 1 unspecified atom stereocenters.